The van der Waals surface area contributed by atoms with Crippen LogP contribution in [0.15, 0.2) is 30.3 Å². The first-order chi connectivity index (χ1) is 21.9. The molecule has 1 heterocycles. The van der Waals surface area contributed by atoms with Crippen molar-refractivity contribution < 1.29 is 0 Å². The van der Waals surface area contributed by atoms with E-state index >= 15 is 0 Å². The summed E-state index contributed by atoms with van der Waals surface area (Å²) >= 11 is 2.88. The van der Waals surface area contributed by atoms with Crippen LogP contribution < -0.4 is 0 Å². The zero-order valence-electron chi connectivity index (χ0n) is 40.0. The molecule has 0 saturated carbocycles. The molecule has 51 heavy (non-hydrogen) atoms. The second-order valence-electron chi connectivity index (χ2n) is 25.5. The van der Waals surface area contributed by atoms with E-state index in [-0.39, 0.29) is 8.80 Å². The Morgan fingerprint density at radius 1 is 0.490 bits per heavy atom. The van der Waals surface area contributed by atoms with Crippen molar-refractivity contribution in [2.24, 2.45) is 0 Å². The van der Waals surface area contributed by atoms with Crippen LogP contribution in [-0.4, -0.2) is 65.2 Å². The molecule has 1 aliphatic heterocycles. The van der Waals surface area contributed by atoms with E-state index in [1.807, 2.05) is 0 Å². The van der Waals surface area contributed by atoms with Gasteiger partial charge < -0.3 is 0 Å². The van der Waals surface area contributed by atoms with Gasteiger partial charge in [-0.05, 0) is 10.1 Å². The third-order valence-corrected chi connectivity index (χ3v) is 85.1. The van der Waals surface area contributed by atoms with Gasteiger partial charge in [0, 0.05) is 0 Å². The Morgan fingerprint density at radius 3 is 0.922 bits per heavy atom. The van der Waals surface area contributed by atoms with Crippen LogP contribution in [0, 0.1) is 0 Å². The van der Waals surface area contributed by atoms with Crippen LogP contribution in [0.3, 0.4) is 0 Å². The largest absolute Gasteiger partial charge is 0.0703 e. The topological polar surface area (TPSA) is 0 Å². The Labute approximate surface area is 339 Å². The van der Waals surface area contributed by atoms with Gasteiger partial charge in [-0.15, -0.1) is 0 Å². The minimum atomic E-state index is -1.89. The minimum Gasteiger partial charge on any atom is -0.0703 e. The summed E-state index contributed by atoms with van der Waals surface area (Å²) in [6.07, 6.45) is 0. The molecule has 1 fully saturated rings. The predicted molar refractivity (Wildman–Crippen MR) is 253 cm³/mol. The quantitative estimate of drug-likeness (QED) is 0.265. The minimum absolute atomic E-state index is 0.221. The van der Waals surface area contributed by atoms with Gasteiger partial charge in [-0.3, -0.25) is 0 Å². The monoisotopic (exact) mass is 860 g/mol. The first-order valence-corrected chi connectivity index (χ1v) is 36.1. The molecule has 1 aromatic carbocycles. The fraction of sp³-hybridized carbons (Fsp3) is 0.864. The van der Waals surface area contributed by atoms with E-state index < -0.39 is 39.9 Å². The van der Waals surface area contributed by atoms with E-state index in [9.17, 15) is 0 Å². The molecule has 0 unspecified atom stereocenters. The molecular formula is C44H90GeSi6. The molecule has 6 radical (unpaired) electrons. The maximum Gasteiger partial charge on any atom is 0.0561 e. The molecule has 2 rings (SSSR count). The fourth-order valence-corrected chi connectivity index (χ4v) is 106. The van der Waals surface area contributed by atoms with Crippen molar-refractivity contribution in [2.45, 2.75) is 241 Å². The average Bonchev–Trinajstić information content (AvgIpc) is 2.86. The maximum atomic E-state index is 2.93. The number of hydrogen-bond donors (Lipinski definition) is 0. The summed E-state index contributed by atoms with van der Waals surface area (Å²) < 4.78 is 0.370. The number of benzene rings is 1. The average molecular weight is 860 g/mol. The molecule has 0 aromatic heterocycles. The van der Waals surface area contributed by atoms with Gasteiger partial charge in [0.15, 0.2) is 0 Å². The van der Waals surface area contributed by atoms with Gasteiger partial charge in [0.1, 0.15) is 0 Å². The third-order valence-electron chi connectivity index (χ3n) is 15.6. The van der Waals surface area contributed by atoms with E-state index in [1.165, 1.54) is 0 Å². The summed E-state index contributed by atoms with van der Waals surface area (Å²) in [6.45, 7) is 73.2. The first kappa shape index (κ1) is 50.1. The van der Waals surface area contributed by atoms with Crippen LogP contribution in [0.1, 0.15) is 172 Å². The number of hydrogen-bond acceptors (Lipinski definition) is 0. The van der Waals surface area contributed by atoms with Crippen LogP contribution in [0.5, 0.6) is 0 Å². The molecule has 1 saturated heterocycles. The standard InChI is InChI=1S/C35H69GeSi5.C9H21Si/c1-29(2,3)39(19,30(4,5)6)28-37(40(20,31(7,8)9)32(10,11)12)35(36,27-25-23-22-24-26-27)38(28)41(21,33(13,14)15)34(16,17)18;1-8(2,3)10(7)9(4,5)6/h22-26,28H,1-21H3;1-7H3. The Hall–Kier alpha value is 1.06. The van der Waals surface area contributed by atoms with Gasteiger partial charge in [0.2, 0.25) is 0 Å². The van der Waals surface area contributed by atoms with Crippen molar-refractivity contribution in [3.8, 4) is 0 Å². The third kappa shape index (κ3) is 8.67. The maximum absolute atomic E-state index is 2.93. The summed E-state index contributed by atoms with van der Waals surface area (Å²) in [4.78, 5) is 0.993. The summed E-state index contributed by atoms with van der Waals surface area (Å²) in [7, 11) is -7.49. The van der Waals surface area contributed by atoms with E-state index in [0.29, 0.717) is 43.8 Å². The summed E-state index contributed by atoms with van der Waals surface area (Å²) in [5, 5.41) is 3.22. The van der Waals surface area contributed by atoms with Crippen molar-refractivity contribution >= 4 is 65.2 Å². The van der Waals surface area contributed by atoms with Crippen LogP contribution >= 0.6 is 0 Å². The summed E-state index contributed by atoms with van der Waals surface area (Å²) in [5.74, 6) is 0. The first-order valence-electron chi connectivity index (χ1n) is 20.3. The van der Waals surface area contributed by atoms with Crippen LogP contribution in [0.25, 0.3) is 0 Å². The molecular weight excluding hydrogens is 770 g/mol. The summed E-state index contributed by atoms with van der Waals surface area (Å²) in [6, 6.07) is 12.2. The van der Waals surface area contributed by atoms with Crippen molar-refractivity contribution in [2.75, 3.05) is 0 Å². The molecule has 294 valence electrons. The normalized spacial score (nSPS) is 21.7. The Bertz CT molecular complexity index is 1190. The SMILES string of the molecule is CC(C)(C)[Si](C)(C1[Si]([Si](C)(C(C)(C)C)C(C)(C)C)[C]([Ge])(c2ccccc2)[Si]1[Si](C)(C(C)(C)C)C(C)(C)C)C(C)(C)C.C[Si](C(C)(C)C)C(C)(C)C. The molecule has 0 spiro atoms. The van der Waals surface area contributed by atoms with Gasteiger partial charge in [-0.1, -0.05) is 48.1 Å². The van der Waals surface area contributed by atoms with E-state index in [0.717, 1.165) is 4.79 Å². The van der Waals surface area contributed by atoms with E-state index in [2.05, 4.69) is 239 Å². The van der Waals surface area contributed by atoms with Crippen LogP contribution in [0.4, 0.5) is 0 Å². The Kier molecular flexibility index (Phi) is 14.5. The van der Waals surface area contributed by atoms with Crippen molar-refractivity contribution in [3.63, 3.8) is 0 Å². The van der Waals surface area contributed by atoms with Gasteiger partial charge in [-0.2, -0.15) is 0 Å². The smallest absolute Gasteiger partial charge is 0.0561 e. The second-order valence-corrected chi connectivity index (χ2v) is 65.6. The van der Waals surface area contributed by atoms with E-state index in [4.69, 9.17) is 0 Å². The molecule has 7 heteroatoms. The Balaban J connectivity index is 0.00000113. The molecule has 0 N–H and O–H groups in total. The van der Waals surface area contributed by atoms with Gasteiger partial charge in [0.05, 0.1) is 8.80 Å². The molecule has 0 aliphatic carbocycles. The van der Waals surface area contributed by atoms with Crippen LogP contribution in [-0.2, 0) is 3.49 Å². The molecule has 1 aromatic rings. The Morgan fingerprint density at radius 2 is 0.745 bits per heavy atom. The van der Waals surface area contributed by atoms with Gasteiger partial charge in [0.25, 0.3) is 0 Å². The fourth-order valence-electron chi connectivity index (χ4n) is 10.5. The molecule has 0 atom stereocenters. The van der Waals surface area contributed by atoms with Gasteiger partial charge >= 0.3 is 275 Å². The zero-order valence-corrected chi connectivity index (χ0v) is 48.1. The molecule has 0 nitrogen and oxygen atoms in total. The second kappa shape index (κ2) is 14.8. The molecule has 0 bridgehead atoms. The van der Waals surface area contributed by atoms with Crippen molar-refractivity contribution in [3.05, 3.63) is 35.9 Å². The molecule has 0 amide bonds. The molecule has 1 aliphatic rings. The van der Waals surface area contributed by atoms with E-state index in [1.54, 1.807) is 5.56 Å². The zero-order chi connectivity index (χ0) is 41.4. The van der Waals surface area contributed by atoms with Crippen LogP contribution in [0.2, 0.25) is 71.3 Å². The number of rotatable bonds is 4. The predicted octanol–water partition coefficient (Wildman–Crippen LogP) is 15.5. The summed E-state index contributed by atoms with van der Waals surface area (Å²) in [5.41, 5.74) is 1.72. The van der Waals surface area contributed by atoms with Crippen molar-refractivity contribution in [1.29, 1.82) is 0 Å². The van der Waals surface area contributed by atoms with Crippen molar-refractivity contribution in [1.82, 2.24) is 0 Å². The van der Waals surface area contributed by atoms with Gasteiger partial charge in [-0.25, -0.2) is 0 Å².